The predicted octanol–water partition coefficient (Wildman–Crippen LogP) is 4.97. The number of anilines is 1. The summed E-state index contributed by atoms with van der Waals surface area (Å²) in [6.07, 6.45) is 6.33. The van der Waals surface area contributed by atoms with Gasteiger partial charge in [0.25, 0.3) is 0 Å². The van der Waals surface area contributed by atoms with Gasteiger partial charge in [0.2, 0.25) is 11.8 Å². The second kappa shape index (κ2) is 9.37. The van der Waals surface area contributed by atoms with Crippen molar-refractivity contribution in [2.45, 2.75) is 59.3 Å². The highest BCUT2D eigenvalue weighted by Crippen LogP contribution is 2.67. The third-order valence-electron chi connectivity index (χ3n) is 10.6. The van der Waals surface area contributed by atoms with Gasteiger partial charge >= 0.3 is 0 Å². The molecule has 6 heteroatoms. The fourth-order valence-corrected chi connectivity index (χ4v) is 8.11. The van der Waals surface area contributed by atoms with Crippen LogP contribution in [0.5, 0.6) is 0 Å². The Labute approximate surface area is 221 Å². The van der Waals surface area contributed by atoms with Gasteiger partial charge in [-0.05, 0) is 80.0 Å². The van der Waals surface area contributed by atoms with Gasteiger partial charge in [0.15, 0.2) is 0 Å². The van der Waals surface area contributed by atoms with Gasteiger partial charge in [-0.3, -0.25) is 19.4 Å². The second-order valence-electron chi connectivity index (χ2n) is 12.7. The SMILES string of the molecule is CC(C)C12CCC(C)(CC1)C1C(=O)N(CCCCN3CCN(c4ccc5ccccc5n4)CC3)C(=O)C12. The lowest BCUT2D eigenvalue weighted by molar-refractivity contribution is -0.157. The molecule has 0 spiro atoms. The Hall–Kier alpha value is -2.47. The number of para-hydroxylation sites is 1. The van der Waals surface area contributed by atoms with E-state index in [1.165, 1.54) is 5.39 Å². The average molecular weight is 503 g/mol. The summed E-state index contributed by atoms with van der Waals surface area (Å²) >= 11 is 0. The molecule has 198 valence electrons. The van der Waals surface area contributed by atoms with Crippen molar-refractivity contribution in [3.63, 3.8) is 0 Å². The van der Waals surface area contributed by atoms with Crippen LogP contribution in [0.15, 0.2) is 36.4 Å². The van der Waals surface area contributed by atoms with Gasteiger partial charge in [-0.15, -0.1) is 0 Å². The van der Waals surface area contributed by atoms with Gasteiger partial charge in [-0.25, -0.2) is 4.98 Å². The lowest BCUT2D eigenvalue weighted by atomic mass is 9.43. The van der Waals surface area contributed by atoms with E-state index in [9.17, 15) is 9.59 Å². The molecule has 2 bridgehead atoms. The van der Waals surface area contributed by atoms with E-state index in [2.05, 4.69) is 60.9 Å². The van der Waals surface area contributed by atoms with E-state index in [-0.39, 0.29) is 34.5 Å². The van der Waals surface area contributed by atoms with Crippen LogP contribution < -0.4 is 4.90 Å². The van der Waals surface area contributed by atoms with Crippen molar-refractivity contribution >= 4 is 28.5 Å². The maximum atomic E-state index is 13.6. The van der Waals surface area contributed by atoms with Gasteiger partial charge in [0.05, 0.1) is 17.4 Å². The van der Waals surface area contributed by atoms with Crippen LogP contribution in [0.25, 0.3) is 10.9 Å². The maximum absolute atomic E-state index is 13.6. The number of hydrogen-bond donors (Lipinski definition) is 0. The zero-order valence-corrected chi connectivity index (χ0v) is 22.8. The standard InChI is InChI=1S/C31H42N4O2/c1-22(2)31-14-12-30(3,13-15-31)26-27(31)29(37)35(28(26)36)17-7-6-16-33-18-20-34(21-19-33)25-11-10-23-8-4-5-9-24(23)32-25/h4-5,8-11,22,26-27H,6-7,12-21H2,1-3H3. The van der Waals surface area contributed by atoms with E-state index < -0.39 is 0 Å². The number of pyridine rings is 1. The largest absolute Gasteiger partial charge is 0.354 e. The van der Waals surface area contributed by atoms with Crippen molar-refractivity contribution in [1.82, 2.24) is 14.8 Å². The molecule has 2 aromatic rings. The Morgan fingerprint density at radius 1 is 0.865 bits per heavy atom. The first-order chi connectivity index (χ1) is 17.8. The summed E-state index contributed by atoms with van der Waals surface area (Å²) in [6, 6.07) is 12.6. The van der Waals surface area contributed by atoms with E-state index in [1.807, 2.05) is 6.07 Å². The molecule has 2 atom stereocenters. The smallest absolute Gasteiger partial charge is 0.233 e. The molecular weight excluding hydrogens is 460 g/mol. The van der Waals surface area contributed by atoms with Crippen molar-refractivity contribution in [3.05, 3.63) is 36.4 Å². The Balaban J connectivity index is 1.01. The molecule has 7 rings (SSSR count). The number of imide groups is 1. The first-order valence-corrected chi connectivity index (χ1v) is 14.5. The molecule has 6 nitrogen and oxygen atoms in total. The minimum Gasteiger partial charge on any atom is -0.354 e. The zero-order valence-electron chi connectivity index (χ0n) is 22.8. The summed E-state index contributed by atoms with van der Waals surface area (Å²) in [4.78, 5) is 38.6. The quantitative estimate of drug-likeness (QED) is 0.395. The van der Waals surface area contributed by atoms with Crippen molar-refractivity contribution in [2.24, 2.45) is 28.6 Å². The third-order valence-corrected chi connectivity index (χ3v) is 10.6. The van der Waals surface area contributed by atoms with Crippen molar-refractivity contribution in [1.29, 1.82) is 0 Å². The predicted molar refractivity (Wildman–Crippen MR) is 147 cm³/mol. The number of hydrogen-bond acceptors (Lipinski definition) is 5. The number of carbonyl (C=O) groups is 2. The van der Waals surface area contributed by atoms with Crippen LogP contribution in [-0.2, 0) is 9.59 Å². The number of fused-ring (bicyclic) bond motifs is 3. The molecule has 2 aliphatic heterocycles. The van der Waals surface area contributed by atoms with Crippen LogP contribution in [0.1, 0.15) is 59.3 Å². The number of piperazine rings is 1. The number of amides is 2. The molecule has 2 saturated heterocycles. The molecular formula is C31H42N4O2. The van der Waals surface area contributed by atoms with E-state index in [0.717, 1.165) is 82.6 Å². The molecule has 37 heavy (non-hydrogen) atoms. The second-order valence-corrected chi connectivity index (χ2v) is 12.7. The minimum atomic E-state index is -0.0818. The minimum absolute atomic E-state index is 0.0162. The Morgan fingerprint density at radius 2 is 1.54 bits per heavy atom. The maximum Gasteiger partial charge on any atom is 0.233 e. The summed E-state index contributed by atoms with van der Waals surface area (Å²) in [5, 5.41) is 1.18. The average Bonchev–Trinajstić information content (AvgIpc) is 3.19. The van der Waals surface area contributed by atoms with Gasteiger partial charge in [0, 0.05) is 38.1 Å². The first kappa shape index (κ1) is 24.8. The summed E-state index contributed by atoms with van der Waals surface area (Å²) in [6.45, 7) is 12.4. The number of unbranched alkanes of at least 4 members (excludes halogenated alkanes) is 1. The lowest BCUT2D eigenvalue weighted by Gasteiger charge is -2.59. The molecule has 3 saturated carbocycles. The van der Waals surface area contributed by atoms with Gasteiger partial charge in [-0.1, -0.05) is 39.0 Å². The monoisotopic (exact) mass is 502 g/mol. The molecule has 3 aliphatic carbocycles. The topological polar surface area (TPSA) is 56.8 Å². The van der Waals surface area contributed by atoms with Crippen LogP contribution in [0.2, 0.25) is 0 Å². The van der Waals surface area contributed by atoms with Crippen LogP contribution in [0.4, 0.5) is 5.82 Å². The van der Waals surface area contributed by atoms with Crippen LogP contribution in [0, 0.1) is 28.6 Å². The molecule has 1 aromatic carbocycles. The summed E-state index contributed by atoms with van der Waals surface area (Å²) in [5.41, 5.74) is 1.10. The highest BCUT2D eigenvalue weighted by atomic mass is 16.2. The molecule has 2 unspecified atom stereocenters. The number of benzene rings is 1. The van der Waals surface area contributed by atoms with E-state index in [1.54, 1.807) is 4.90 Å². The van der Waals surface area contributed by atoms with Crippen molar-refractivity contribution < 1.29 is 9.59 Å². The summed E-state index contributed by atoms with van der Waals surface area (Å²) in [5.74, 6) is 1.63. The number of carbonyl (C=O) groups excluding carboxylic acids is 2. The van der Waals surface area contributed by atoms with E-state index in [4.69, 9.17) is 4.98 Å². The molecule has 2 amide bonds. The van der Waals surface area contributed by atoms with Crippen LogP contribution >= 0.6 is 0 Å². The third kappa shape index (κ3) is 4.07. The van der Waals surface area contributed by atoms with E-state index >= 15 is 0 Å². The number of aromatic nitrogens is 1. The summed E-state index contributed by atoms with van der Waals surface area (Å²) in [7, 11) is 0. The highest BCUT2D eigenvalue weighted by Gasteiger charge is 2.68. The fraction of sp³-hybridized carbons (Fsp3) is 0.645. The summed E-state index contributed by atoms with van der Waals surface area (Å²) < 4.78 is 0. The highest BCUT2D eigenvalue weighted by molar-refractivity contribution is 6.06. The molecule has 3 heterocycles. The molecule has 5 fully saturated rings. The number of rotatable bonds is 7. The lowest BCUT2D eigenvalue weighted by Crippen LogP contribution is -2.56. The van der Waals surface area contributed by atoms with Crippen LogP contribution in [0.3, 0.4) is 0 Å². The molecule has 0 radical (unpaired) electrons. The number of likely N-dealkylation sites (tertiary alicyclic amines) is 1. The van der Waals surface area contributed by atoms with E-state index in [0.29, 0.717) is 12.5 Å². The normalized spacial score (nSPS) is 32.1. The first-order valence-electron chi connectivity index (χ1n) is 14.5. The Kier molecular flexibility index (Phi) is 6.29. The molecule has 1 aromatic heterocycles. The van der Waals surface area contributed by atoms with Gasteiger partial charge in [-0.2, -0.15) is 0 Å². The van der Waals surface area contributed by atoms with Crippen molar-refractivity contribution in [3.8, 4) is 0 Å². The van der Waals surface area contributed by atoms with Crippen LogP contribution in [-0.4, -0.2) is 65.9 Å². The van der Waals surface area contributed by atoms with Gasteiger partial charge in [0.1, 0.15) is 5.82 Å². The number of nitrogens with zero attached hydrogens (tertiary/aromatic N) is 4. The Morgan fingerprint density at radius 3 is 2.27 bits per heavy atom. The van der Waals surface area contributed by atoms with Gasteiger partial charge < -0.3 is 4.90 Å². The fourth-order valence-electron chi connectivity index (χ4n) is 8.11. The zero-order chi connectivity index (χ0) is 25.8. The Bertz CT molecular complexity index is 1180. The molecule has 0 N–H and O–H groups in total. The van der Waals surface area contributed by atoms with Crippen molar-refractivity contribution in [2.75, 3.05) is 44.2 Å². The molecule has 5 aliphatic rings.